The predicted molar refractivity (Wildman–Crippen MR) is 91.2 cm³/mol. The molecule has 24 heavy (non-hydrogen) atoms. The number of hydroxylamine groups is 1. The number of anilines is 1. The molecule has 0 saturated heterocycles. The first-order valence-electron chi connectivity index (χ1n) is 7.45. The Morgan fingerprint density at radius 2 is 2.08 bits per heavy atom. The van der Waals surface area contributed by atoms with Crippen LogP contribution in [0.5, 0.6) is 0 Å². The van der Waals surface area contributed by atoms with Gasteiger partial charge in [0.1, 0.15) is 0 Å². The number of benzene rings is 1. The van der Waals surface area contributed by atoms with Gasteiger partial charge in [-0.3, -0.25) is 4.99 Å². The van der Waals surface area contributed by atoms with Gasteiger partial charge >= 0.3 is 11.1 Å². The molecule has 0 fully saturated rings. The molecule has 1 rings (SSSR count). The van der Waals surface area contributed by atoms with E-state index in [0.717, 1.165) is 11.1 Å². The van der Waals surface area contributed by atoms with Crippen molar-refractivity contribution in [3.63, 3.8) is 0 Å². The van der Waals surface area contributed by atoms with E-state index in [-0.39, 0.29) is 5.96 Å². The van der Waals surface area contributed by atoms with Crippen LogP contribution < -0.4 is 15.7 Å². The monoisotopic (exact) mass is 337 g/mol. The second kappa shape index (κ2) is 8.70. The fourth-order valence-electron chi connectivity index (χ4n) is 2.05. The third-order valence-electron chi connectivity index (χ3n) is 3.10. The molecule has 9 nitrogen and oxygen atoms in total. The lowest BCUT2D eigenvalue weighted by Gasteiger charge is -2.26. The summed E-state index contributed by atoms with van der Waals surface area (Å²) in [4.78, 5) is 32.0. The van der Waals surface area contributed by atoms with Gasteiger partial charge in [-0.05, 0) is 31.4 Å². The van der Waals surface area contributed by atoms with Crippen molar-refractivity contribution in [1.29, 1.82) is 0 Å². The van der Waals surface area contributed by atoms with Crippen LogP contribution in [-0.2, 0) is 4.94 Å². The second-order valence-electron chi connectivity index (χ2n) is 5.67. The van der Waals surface area contributed by atoms with Crippen LogP contribution in [0.25, 0.3) is 0 Å². The molecule has 0 spiro atoms. The van der Waals surface area contributed by atoms with Crippen LogP contribution in [0.4, 0.5) is 10.5 Å². The van der Waals surface area contributed by atoms with E-state index in [1.54, 1.807) is 11.5 Å². The number of aliphatic imine (C=N–C) groups is 1. The lowest BCUT2D eigenvalue weighted by Crippen LogP contribution is -2.51. The van der Waals surface area contributed by atoms with E-state index in [2.05, 4.69) is 15.2 Å². The first kappa shape index (κ1) is 19.2. The highest BCUT2D eigenvalue weighted by Gasteiger charge is 2.24. The Hall–Kier alpha value is -2.84. The minimum Gasteiger partial charge on any atom is -0.355 e. The molecule has 1 aromatic rings. The van der Waals surface area contributed by atoms with Crippen molar-refractivity contribution in [2.24, 2.45) is 10.9 Å². The van der Waals surface area contributed by atoms with E-state index >= 15 is 0 Å². The van der Waals surface area contributed by atoms with Crippen molar-refractivity contribution < 1.29 is 14.8 Å². The van der Waals surface area contributed by atoms with Gasteiger partial charge in [-0.15, -0.1) is 10.1 Å². The SMILES string of the molecule is CN=C(NCC(C)C)N(C(=O)NO[N+](=O)[O-])c1ccc(C)cc1C. The van der Waals surface area contributed by atoms with Crippen molar-refractivity contribution in [3.05, 3.63) is 39.4 Å². The largest absolute Gasteiger partial charge is 0.355 e. The first-order chi connectivity index (χ1) is 11.3. The molecule has 0 atom stereocenters. The number of hydrogen-bond acceptors (Lipinski definition) is 5. The summed E-state index contributed by atoms with van der Waals surface area (Å²) >= 11 is 0. The van der Waals surface area contributed by atoms with Gasteiger partial charge in [-0.2, -0.15) is 10.4 Å². The van der Waals surface area contributed by atoms with Gasteiger partial charge in [0.05, 0.1) is 5.69 Å². The smallest absolute Gasteiger partial charge is 0.352 e. The van der Waals surface area contributed by atoms with E-state index in [1.165, 1.54) is 11.9 Å². The number of nitrogens with one attached hydrogen (secondary N) is 2. The quantitative estimate of drug-likeness (QED) is 0.370. The Morgan fingerprint density at radius 3 is 2.58 bits per heavy atom. The maximum absolute atomic E-state index is 12.4. The highest BCUT2D eigenvalue weighted by molar-refractivity contribution is 6.15. The highest BCUT2D eigenvalue weighted by Crippen LogP contribution is 2.21. The lowest BCUT2D eigenvalue weighted by molar-refractivity contribution is -0.771. The minimum absolute atomic E-state index is 0.264. The number of carbonyl (C=O) groups is 1. The topological polar surface area (TPSA) is 109 Å². The fraction of sp³-hybridized carbons (Fsp3) is 0.467. The van der Waals surface area contributed by atoms with Crippen LogP contribution in [0.15, 0.2) is 23.2 Å². The summed E-state index contributed by atoms with van der Waals surface area (Å²) in [6, 6.07) is 4.67. The Bertz CT molecular complexity index is 630. The molecule has 0 bridgehead atoms. The average molecular weight is 337 g/mol. The zero-order chi connectivity index (χ0) is 18.3. The summed E-state index contributed by atoms with van der Waals surface area (Å²) in [5.41, 5.74) is 4.18. The number of hydrogen-bond donors (Lipinski definition) is 2. The maximum atomic E-state index is 12.4. The zero-order valence-electron chi connectivity index (χ0n) is 14.5. The van der Waals surface area contributed by atoms with Gasteiger partial charge < -0.3 is 5.32 Å². The molecule has 0 aromatic heterocycles. The Labute approximate surface area is 140 Å². The number of amides is 2. The van der Waals surface area contributed by atoms with Crippen molar-refractivity contribution in [2.45, 2.75) is 27.7 Å². The number of nitrogens with zero attached hydrogens (tertiary/aromatic N) is 3. The minimum atomic E-state index is -1.09. The Balaban J connectivity index is 3.19. The van der Waals surface area contributed by atoms with Crippen LogP contribution in [0.1, 0.15) is 25.0 Å². The van der Waals surface area contributed by atoms with Gasteiger partial charge in [0, 0.05) is 13.6 Å². The summed E-state index contributed by atoms with van der Waals surface area (Å²) in [6.45, 7) is 8.38. The summed E-state index contributed by atoms with van der Waals surface area (Å²) in [6.07, 6.45) is 0. The molecule has 2 N–H and O–H groups in total. The van der Waals surface area contributed by atoms with Crippen molar-refractivity contribution in [1.82, 2.24) is 10.8 Å². The summed E-state index contributed by atoms with van der Waals surface area (Å²) < 4.78 is 0. The van der Waals surface area contributed by atoms with Gasteiger partial charge in [0.15, 0.2) is 0 Å². The highest BCUT2D eigenvalue weighted by atomic mass is 17.0. The number of urea groups is 1. The fourth-order valence-corrected chi connectivity index (χ4v) is 2.05. The molecule has 0 saturated carbocycles. The molecule has 0 unspecified atom stereocenters. The van der Waals surface area contributed by atoms with E-state index in [1.807, 2.05) is 39.8 Å². The summed E-state index contributed by atoms with van der Waals surface area (Å²) in [5, 5.41) is 12.3. The van der Waals surface area contributed by atoms with Crippen LogP contribution in [-0.4, -0.2) is 30.7 Å². The Kier molecular flexibility index (Phi) is 6.97. The number of carbonyl (C=O) groups excluding carboxylic acids is 1. The molecule has 2 amide bonds. The molecule has 132 valence electrons. The molecule has 1 aromatic carbocycles. The lowest BCUT2D eigenvalue weighted by atomic mass is 10.1. The van der Waals surface area contributed by atoms with Crippen molar-refractivity contribution >= 4 is 17.7 Å². The molecule has 9 heteroatoms. The third-order valence-corrected chi connectivity index (χ3v) is 3.10. The molecular formula is C15H23N5O4. The first-order valence-corrected chi connectivity index (χ1v) is 7.45. The van der Waals surface area contributed by atoms with Gasteiger partial charge in [-0.25, -0.2) is 9.69 Å². The molecule has 0 aliphatic heterocycles. The normalized spacial score (nSPS) is 11.2. The Morgan fingerprint density at radius 1 is 1.42 bits per heavy atom. The average Bonchev–Trinajstić information content (AvgIpc) is 2.50. The molecule has 0 aliphatic carbocycles. The van der Waals surface area contributed by atoms with Crippen molar-refractivity contribution in [2.75, 3.05) is 18.5 Å². The number of rotatable bonds is 5. The molecule has 0 aliphatic rings. The molecule has 0 radical (unpaired) electrons. The van der Waals surface area contributed by atoms with Crippen LogP contribution in [0.2, 0.25) is 0 Å². The van der Waals surface area contributed by atoms with Gasteiger partial charge in [-0.1, -0.05) is 31.5 Å². The van der Waals surface area contributed by atoms with E-state index in [4.69, 9.17) is 0 Å². The molecular weight excluding hydrogens is 314 g/mol. The number of guanidine groups is 1. The van der Waals surface area contributed by atoms with Gasteiger partial charge in [0.25, 0.3) is 0 Å². The standard InChI is InChI=1S/C15H23N5O4/c1-10(2)9-17-14(16-5)19(15(21)18-24-20(22)23)13-7-6-11(3)8-12(13)4/h6-8,10H,9H2,1-5H3,(H,16,17)(H,18,21). The molecule has 0 heterocycles. The number of aryl methyl sites for hydroxylation is 2. The zero-order valence-corrected chi connectivity index (χ0v) is 14.5. The van der Waals surface area contributed by atoms with Crippen molar-refractivity contribution in [3.8, 4) is 0 Å². The van der Waals surface area contributed by atoms with E-state index < -0.39 is 11.1 Å². The third kappa shape index (κ3) is 5.41. The summed E-state index contributed by atoms with van der Waals surface area (Å²) in [7, 11) is 1.53. The predicted octanol–water partition coefficient (Wildman–Crippen LogP) is 2.17. The summed E-state index contributed by atoms with van der Waals surface area (Å²) in [5.74, 6) is 0.584. The van der Waals surface area contributed by atoms with E-state index in [0.29, 0.717) is 18.2 Å². The van der Waals surface area contributed by atoms with Crippen LogP contribution in [0.3, 0.4) is 0 Å². The maximum Gasteiger partial charge on any atom is 0.352 e. The second-order valence-corrected chi connectivity index (χ2v) is 5.67. The van der Waals surface area contributed by atoms with Gasteiger partial charge in [0.2, 0.25) is 5.96 Å². The van der Waals surface area contributed by atoms with Crippen LogP contribution >= 0.6 is 0 Å². The van der Waals surface area contributed by atoms with Crippen LogP contribution in [0, 0.1) is 29.9 Å². The van der Waals surface area contributed by atoms with E-state index in [9.17, 15) is 14.9 Å².